The van der Waals surface area contributed by atoms with E-state index in [1.54, 1.807) is 18.2 Å². The lowest BCUT2D eigenvalue weighted by atomic mass is 10.1. The zero-order chi connectivity index (χ0) is 15.1. The average molecular weight is 476 g/mol. The molecule has 0 bridgehead atoms. The van der Waals surface area contributed by atoms with Gasteiger partial charge in [-0.05, 0) is 72.1 Å². The second-order valence-electron chi connectivity index (χ2n) is 4.25. The normalized spacial score (nSPS) is 11.0. The summed E-state index contributed by atoms with van der Waals surface area (Å²) in [6.45, 7) is 0. The summed E-state index contributed by atoms with van der Waals surface area (Å²) in [6, 6.07) is 7.91. The number of hydrogen-bond donors (Lipinski definition) is 1. The molecule has 0 fully saturated rings. The molecule has 0 unspecified atom stereocenters. The van der Waals surface area contributed by atoms with Crippen LogP contribution in [0.4, 0.5) is 0 Å². The highest BCUT2D eigenvalue weighted by molar-refractivity contribution is 9.11. The molecule has 7 heteroatoms. The molecule has 0 saturated carbocycles. The van der Waals surface area contributed by atoms with Gasteiger partial charge in [0, 0.05) is 11.6 Å². The first-order valence-corrected chi connectivity index (χ1v) is 8.12. The van der Waals surface area contributed by atoms with Crippen molar-refractivity contribution in [2.24, 2.45) is 0 Å². The fraction of sp³-hybridized carbons (Fsp3) is 0. The SMILES string of the molecule is O=c1cc(-c2ccc(O)c(Br)c2)oc2c(Br)nc(Br)cc12. The Morgan fingerprint density at radius 1 is 1.10 bits per heavy atom. The van der Waals surface area contributed by atoms with Gasteiger partial charge < -0.3 is 9.52 Å². The summed E-state index contributed by atoms with van der Waals surface area (Å²) >= 11 is 9.77. The molecule has 3 rings (SSSR count). The van der Waals surface area contributed by atoms with E-state index in [4.69, 9.17) is 4.42 Å². The van der Waals surface area contributed by atoms with Crippen molar-refractivity contribution in [3.05, 3.63) is 54.2 Å². The minimum Gasteiger partial charge on any atom is -0.507 e. The number of phenols is 1. The molecule has 21 heavy (non-hydrogen) atoms. The van der Waals surface area contributed by atoms with Crippen molar-refractivity contribution in [1.82, 2.24) is 4.98 Å². The molecule has 0 amide bonds. The second kappa shape index (κ2) is 5.55. The van der Waals surface area contributed by atoms with Crippen LogP contribution in [0.25, 0.3) is 22.3 Å². The molecule has 1 aromatic carbocycles. The van der Waals surface area contributed by atoms with Crippen LogP contribution in [0.1, 0.15) is 0 Å². The molecule has 0 saturated heterocycles. The van der Waals surface area contributed by atoms with Gasteiger partial charge in [0.2, 0.25) is 0 Å². The Kier molecular flexibility index (Phi) is 3.90. The van der Waals surface area contributed by atoms with Crippen LogP contribution in [0.5, 0.6) is 5.75 Å². The lowest BCUT2D eigenvalue weighted by Crippen LogP contribution is -2.01. The van der Waals surface area contributed by atoms with Crippen LogP contribution in [0, 0.1) is 0 Å². The van der Waals surface area contributed by atoms with Gasteiger partial charge in [0.25, 0.3) is 0 Å². The van der Waals surface area contributed by atoms with Crippen molar-refractivity contribution < 1.29 is 9.52 Å². The third kappa shape index (κ3) is 2.77. The summed E-state index contributed by atoms with van der Waals surface area (Å²) < 4.78 is 7.30. The molecule has 0 atom stereocenters. The molecule has 0 spiro atoms. The second-order valence-corrected chi connectivity index (χ2v) is 6.67. The van der Waals surface area contributed by atoms with Crippen LogP contribution in [0.3, 0.4) is 0 Å². The monoisotopic (exact) mass is 473 g/mol. The molecular formula is C14H6Br3NO3. The number of aromatic hydroxyl groups is 1. The van der Waals surface area contributed by atoms with Gasteiger partial charge in [-0.1, -0.05) is 0 Å². The van der Waals surface area contributed by atoms with Crippen molar-refractivity contribution in [2.75, 3.05) is 0 Å². The largest absolute Gasteiger partial charge is 0.507 e. The molecule has 4 nitrogen and oxygen atoms in total. The number of phenolic OH excluding ortho intramolecular Hbond substituents is 1. The highest BCUT2D eigenvalue weighted by Gasteiger charge is 2.12. The molecule has 2 heterocycles. The Balaban J connectivity index is 2.30. The van der Waals surface area contributed by atoms with Crippen molar-refractivity contribution in [3.63, 3.8) is 0 Å². The molecule has 2 aromatic heterocycles. The zero-order valence-corrected chi connectivity index (χ0v) is 15.0. The number of rotatable bonds is 1. The predicted octanol–water partition coefficient (Wildman–Crippen LogP) is 4.85. The van der Waals surface area contributed by atoms with E-state index in [1.165, 1.54) is 12.1 Å². The standard InChI is InChI=1S/C14H6Br3NO3/c15-8-3-6(1-2-9(8)19)11-5-10(20)7-4-12(16)18-14(17)13(7)21-11/h1-5,19H. The molecule has 0 radical (unpaired) electrons. The number of nitrogens with zero attached hydrogens (tertiary/aromatic N) is 1. The Labute approximate surface area is 144 Å². The molecule has 0 aliphatic carbocycles. The Morgan fingerprint density at radius 2 is 1.86 bits per heavy atom. The molecule has 106 valence electrons. The number of hydrogen-bond acceptors (Lipinski definition) is 4. The third-order valence-corrected chi connectivity index (χ3v) is 4.45. The van der Waals surface area contributed by atoms with Gasteiger partial charge in [-0.3, -0.25) is 4.79 Å². The minimum atomic E-state index is -0.167. The Bertz CT molecular complexity index is 921. The Morgan fingerprint density at radius 3 is 2.57 bits per heavy atom. The number of pyridine rings is 1. The van der Waals surface area contributed by atoms with Crippen LogP contribution in [-0.4, -0.2) is 10.1 Å². The van der Waals surface area contributed by atoms with E-state index in [1.807, 2.05) is 0 Å². The third-order valence-electron chi connectivity index (χ3n) is 2.87. The van der Waals surface area contributed by atoms with E-state index in [2.05, 4.69) is 52.8 Å². The van der Waals surface area contributed by atoms with E-state index in [-0.39, 0.29) is 11.2 Å². The fourth-order valence-corrected chi connectivity index (χ4v) is 3.40. The van der Waals surface area contributed by atoms with Crippen LogP contribution < -0.4 is 5.43 Å². The first-order valence-electron chi connectivity index (χ1n) is 5.74. The van der Waals surface area contributed by atoms with Gasteiger partial charge in [-0.25, -0.2) is 4.98 Å². The van der Waals surface area contributed by atoms with Crippen LogP contribution in [0.15, 0.2) is 53.2 Å². The number of fused-ring (bicyclic) bond motifs is 1. The highest BCUT2D eigenvalue weighted by Crippen LogP contribution is 2.32. The van der Waals surface area contributed by atoms with E-state index in [0.29, 0.717) is 36.0 Å². The van der Waals surface area contributed by atoms with Crippen molar-refractivity contribution in [2.45, 2.75) is 0 Å². The molecular weight excluding hydrogens is 470 g/mol. The summed E-state index contributed by atoms with van der Waals surface area (Å²) in [5.74, 6) is 0.520. The van der Waals surface area contributed by atoms with Gasteiger partial charge >= 0.3 is 0 Å². The summed E-state index contributed by atoms with van der Waals surface area (Å²) in [6.07, 6.45) is 0. The first kappa shape index (κ1) is 14.7. The van der Waals surface area contributed by atoms with Crippen LogP contribution in [-0.2, 0) is 0 Å². The maximum atomic E-state index is 12.2. The number of halogens is 3. The quantitative estimate of drug-likeness (QED) is 0.511. The van der Waals surface area contributed by atoms with Crippen molar-refractivity contribution in [1.29, 1.82) is 0 Å². The Hall–Kier alpha value is -1.18. The lowest BCUT2D eigenvalue weighted by molar-refractivity contribution is 0.472. The van der Waals surface area contributed by atoms with Gasteiger partial charge in [-0.15, -0.1) is 0 Å². The fourth-order valence-electron chi connectivity index (χ4n) is 1.89. The minimum absolute atomic E-state index is 0.119. The van der Waals surface area contributed by atoms with Crippen molar-refractivity contribution in [3.8, 4) is 17.1 Å². The molecule has 1 N–H and O–H groups in total. The topological polar surface area (TPSA) is 63.3 Å². The molecule has 3 aromatic rings. The van der Waals surface area contributed by atoms with E-state index in [0.717, 1.165) is 0 Å². The first-order chi connectivity index (χ1) is 9.95. The van der Waals surface area contributed by atoms with E-state index >= 15 is 0 Å². The van der Waals surface area contributed by atoms with Gasteiger partial charge in [0.05, 0.1) is 9.86 Å². The highest BCUT2D eigenvalue weighted by atomic mass is 79.9. The predicted molar refractivity (Wildman–Crippen MR) is 90.5 cm³/mol. The number of aromatic nitrogens is 1. The maximum Gasteiger partial charge on any atom is 0.193 e. The summed E-state index contributed by atoms with van der Waals surface area (Å²) in [5.41, 5.74) is 0.887. The van der Waals surface area contributed by atoms with Crippen LogP contribution >= 0.6 is 47.8 Å². The molecule has 0 aliphatic rings. The molecule has 0 aliphatic heterocycles. The van der Waals surface area contributed by atoms with E-state index in [9.17, 15) is 9.90 Å². The smallest absolute Gasteiger partial charge is 0.193 e. The number of benzene rings is 1. The van der Waals surface area contributed by atoms with Gasteiger partial charge in [0.1, 0.15) is 16.1 Å². The van der Waals surface area contributed by atoms with Crippen molar-refractivity contribution >= 4 is 58.8 Å². The summed E-state index contributed by atoms with van der Waals surface area (Å²) in [4.78, 5) is 16.4. The summed E-state index contributed by atoms with van der Waals surface area (Å²) in [5, 5.41) is 9.97. The van der Waals surface area contributed by atoms with Crippen LogP contribution in [0.2, 0.25) is 0 Å². The van der Waals surface area contributed by atoms with E-state index < -0.39 is 0 Å². The zero-order valence-electron chi connectivity index (χ0n) is 10.2. The summed E-state index contributed by atoms with van der Waals surface area (Å²) in [7, 11) is 0. The maximum absolute atomic E-state index is 12.2. The van der Waals surface area contributed by atoms with Gasteiger partial charge in [-0.2, -0.15) is 0 Å². The average Bonchev–Trinajstić information content (AvgIpc) is 2.43. The lowest BCUT2D eigenvalue weighted by Gasteiger charge is -2.06. The van der Waals surface area contributed by atoms with Gasteiger partial charge in [0.15, 0.2) is 15.6 Å².